The van der Waals surface area contributed by atoms with E-state index in [1.807, 2.05) is 0 Å². The van der Waals surface area contributed by atoms with E-state index in [9.17, 15) is 0 Å². The molecule has 1 aliphatic rings. The van der Waals surface area contributed by atoms with Crippen molar-refractivity contribution < 1.29 is 0 Å². The Hall–Kier alpha value is -0.0400. The van der Waals surface area contributed by atoms with Gasteiger partial charge in [-0.25, -0.2) is 0 Å². The van der Waals surface area contributed by atoms with E-state index in [0.29, 0.717) is 0 Å². The molecule has 1 fully saturated rings. The minimum absolute atomic E-state index is 0. The number of nitrogens with two attached hydrogens (primary N) is 1. The van der Waals surface area contributed by atoms with Crippen LogP contribution in [0.15, 0.2) is 0 Å². The van der Waals surface area contributed by atoms with Crippen LogP contribution < -0.4 is 5.73 Å². The van der Waals surface area contributed by atoms with Crippen LogP contribution in [0, 0.1) is 5.92 Å². The van der Waals surface area contributed by atoms with Crippen LogP contribution in [0.5, 0.6) is 0 Å². The molecule has 0 aromatic carbocycles. The Morgan fingerprint density at radius 2 is 1.25 bits per heavy atom. The third kappa shape index (κ3) is 5.59. The summed E-state index contributed by atoms with van der Waals surface area (Å²) < 4.78 is 0. The van der Waals surface area contributed by atoms with Gasteiger partial charge in [0.15, 0.2) is 0 Å². The topological polar surface area (TPSA) is 26.0 Å². The van der Waals surface area contributed by atoms with Crippen molar-refractivity contribution in [2.75, 3.05) is 6.54 Å². The van der Waals surface area contributed by atoms with Crippen LogP contribution in [0.3, 0.4) is 0 Å². The predicted octanol–water partition coefficient (Wildman–Crippen LogP) is 3.58. The average Bonchev–Trinajstić information content (AvgIpc) is 1.87. The van der Waals surface area contributed by atoms with Crippen LogP contribution >= 0.6 is 0 Å². The standard InChI is InChI=1S/C9H19N.2CH4/c10-8-9-6-4-2-1-3-5-7-9;;/h9H,1-8,10H2;2*1H4. The quantitative estimate of drug-likeness (QED) is 0.644. The van der Waals surface area contributed by atoms with Crippen LogP contribution in [0.25, 0.3) is 0 Å². The van der Waals surface area contributed by atoms with Crippen molar-refractivity contribution in [2.45, 2.75) is 59.8 Å². The molecule has 1 saturated carbocycles. The fraction of sp³-hybridized carbons (Fsp3) is 1.00. The van der Waals surface area contributed by atoms with E-state index in [-0.39, 0.29) is 14.9 Å². The molecule has 2 N–H and O–H groups in total. The Labute approximate surface area is 78.7 Å². The Bertz CT molecular complexity index is 73.1. The van der Waals surface area contributed by atoms with Gasteiger partial charge < -0.3 is 5.73 Å². The molecule has 12 heavy (non-hydrogen) atoms. The van der Waals surface area contributed by atoms with E-state index < -0.39 is 0 Å². The van der Waals surface area contributed by atoms with Crippen LogP contribution in [0.1, 0.15) is 59.8 Å². The summed E-state index contributed by atoms with van der Waals surface area (Å²) in [7, 11) is 0. The zero-order valence-corrected chi connectivity index (χ0v) is 6.81. The molecule has 1 heteroatoms. The van der Waals surface area contributed by atoms with E-state index in [1.54, 1.807) is 0 Å². The molecule has 0 unspecified atom stereocenters. The van der Waals surface area contributed by atoms with Crippen molar-refractivity contribution in [1.29, 1.82) is 0 Å². The molecule has 0 aliphatic heterocycles. The van der Waals surface area contributed by atoms with Gasteiger partial charge in [0, 0.05) is 0 Å². The van der Waals surface area contributed by atoms with E-state index in [0.717, 1.165) is 12.5 Å². The molecule has 0 spiro atoms. The van der Waals surface area contributed by atoms with Crippen LogP contribution in [0.4, 0.5) is 0 Å². The molecule has 1 rings (SSSR count). The average molecular weight is 173 g/mol. The highest BCUT2D eigenvalue weighted by atomic mass is 14.5. The number of rotatable bonds is 1. The maximum atomic E-state index is 5.62. The molecule has 76 valence electrons. The normalized spacial score (nSPS) is 19.8. The lowest BCUT2D eigenvalue weighted by molar-refractivity contribution is 0.385. The van der Waals surface area contributed by atoms with Crippen molar-refractivity contribution >= 4 is 0 Å². The maximum Gasteiger partial charge on any atom is -0.00489 e. The van der Waals surface area contributed by atoms with Crippen LogP contribution in [-0.4, -0.2) is 6.54 Å². The summed E-state index contributed by atoms with van der Waals surface area (Å²) in [6.07, 6.45) is 9.95. The highest BCUT2D eigenvalue weighted by Gasteiger charge is 2.08. The van der Waals surface area contributed by atoms with Gasteiger partial charge in [-0.05, 0) is 25.3 Å². The van der Waals surface area contributed by atoms with Crippen molar-refractivity contribution in [3.63, 3.8) is 0 Å². The first-order valence-corrected chi connectivity index (χ1v) is 4.63. The summed E-state index contributed by atoms with van der Waals surface area (Å²) in [5.41, 5.74) is 5.62. The summed E-state index contributed by atoms with van der Waals surface area (Å²) in [5, 5.41) is 0. The number of hydrogen-bond donors (Lipinski definition) is 1. The Kier molecular flexibility index (Phi) is 10.9. The molecule has 1 nitrogen and oxygen atoms in total. The Balaban J connectivity index is 0. The van der Waals surface area contributed by atoms with Gasteiger partial charge >= 0.3 is 0 Å². The van der Waals surface area contributed by atoms with Gasteiger partial charge in [-0.3, -0.25) is 0 Å². The lowest BCUT2D eigenvalue weighted by atomic mass is 9.91. The van der Waals surface area contributed by atoms with E-state index in [1.165, 1.54) is 44.9 Å². The first-order chi connectivity index (χ1) is 4.93. The minimum atomic E-state index is 0. The van der Waals surface area contributed by atoms with Crippen molar-refractivity contribution in [2.24, 2.45) is 11.7 Å². The second-order valence-corrected chi connectivity index (χ2v) is 3.45. The Morgan fingerprint density at radius 1 is 0.833 bits per heavy atom. The minimum Gasteiger partial charge on any atom is -0.330 e. The first kappa shape index (κ1) is 14.5. The summed E-state index contributed by atoms with van der Waals surface area (Å²) in [6, 6.07) is 0. The van der Waals surface area contributed by atoms with Crippen LogP contribution in [-0.2, 0) is 0 Å². The molecule has 0 radical (unpaired) electrons. The summed E-state index contributed by atoms with van der Waals surface area (Å²) >= 11 is 0. The zero-order chi connectivity index (χ0) is 7.23. The monoisotopic (exact) mass is 173 g/mol. The van der Waals surface area contributed by atoms with Gasteiger partial charge in [-0.15, -0.1) is 0 Å². The SMILES string of the molecule is C.C.NCC1CCCCCCC1. The summed E-state index contributed by atoms with van der Waals surface area (Å²) in [4.78, 5) is 0. The van der Waals surface area contributed by atoms with Crippen molar-refractivity contribution in [3.05, 3.63) is 0 Å². The molecule has 0 amide bonds. The van der Waals surface area contributed by atoms with Gasteiger partial charge in [0.1, 0.15) is 0 Å². The van der Waals surface area contributed by atoms with Crippen molar-refractivity contribution in [1.82, 2.24) is 0 Å². The van der Waals surface area contributed by atoms with E-state index >= 15 is 0 Å². The molecule has 0 bridgehead atoms. The second-order valence-electron chi connectivity index (χ2n) is 3.45. The third-order valence-electron chi connectivity index (χ3n) is 2.56. The molecule has 0 atom stereocenters. The lowest BCUT2D eigenvalue weighted by Crippen LogP contribution is -2.15. The molecule has 0 saturated heterocycles. The molecule has 0 aromatic heterocycles. The third-order valence-corrected chi connectivity index (χ3v) is 2.56. The zero-order valence-electron chi connectivity index (χ0n) is 6.81. The van der Waals surface area contributed by atoms with Gasteiger partial charge in [0.05, 0.1) is 0 Å². The summed E-state index contributed by atoms with van der Waals surface area (Å²) in [6.45, 7) is 0.917. The van der Waals surface area contributed by atoms with Gasteiger partial charge in [-0.1, -0.05) is 47.0 Å². The highest BCUT2D eigenvalue weighted by molar-refractivity contribution is 4.63. The van der Waals surface area contributed by atoms with E-state index in [2.05, 4.69) is 0 Å². The smallest absolute Gasteiger partial charge is 0.00489 e. The fourth-order valence-corrected chi connectivity index (χ4v) is 1.78. The second kappa shape index (κ2) is 9.05. The first-order valence-electron chi connectivity index (χ1n) is 4.63. The predicted molar refractivity (Wildman–Crippen MR) is 58.3 cm³/mol. The molecule has 1 aliphatic carbocycles. The van der Waals surface area contributed by atoms with Crippen molar-refractivity contribution in [3.8, 4) is 0 Å². The molecular formula is C11H27N. The summed E-state index contributed by atoms with van der Waals surface area (Å²) in [5.74, 6) is 0.847. The van der Waals surface area contributed by atoms with Gasteiger partial charge in [0.25, 0.3) is 0 Å². The molecule has 0 aromatic rings. The van der Waals surface area contributed by atoms with E-state index in [4.69, 9.17) is 5.73 Å². The number of hydrogen-bond acceptors (Lipinski definition) is 1. The molecule has 0 heterocycles. The van der Waals surface area contributed by atoms with Gasteiger partial charge in [-0.2, -0.15) is 0 Å². The lowest BCUT2D eigenvalue weighted by Gasteiger charge is -2.16. The molecular weight excluding hydrogens is 146 g/mol. The van der Waals surface area contributed by atoms with Gasteiger partial charge in [0.2, 0.25) is 0 Å². The largest absolute Gasteiger partial charge is 0.330 e. The van der Waals surface area contributed by atoms with Crippen LogP contribution in [0.2, 0.25) is 0 Å². The Morgan fingerprint density at radius 3 is 1.67 bits per heavy atom. The maximum absolute atomic E-state index is 5.62. The fourth-order valence-electron chi connectivity index (χ4n) is 1.78. The highest BCUT2D eigenvalue weighted by Crippen LogP contribution is 2.20.